The fraction of sp³-hybridized carbons (Fsp3) is 0.700. The Bertz CT molecular complexity index is 193. The van der Waals surface area contributed by atoms with Crippen LogP contribution in [0.25, 0.3) is 0 Å². The number of aliphatic carboxylic acids is 3. The summed E-state index contributed by atoms with van der Waals surface area (Å²) >= 11 is 0. The summed E-state index contributed by atoms with van der Waals surface area (Å²) in [7, 11) is 0. The van der Waals surface area contributed by atoms with Crippen molar-refractivity contribution in [3.63, 3.8) is 0 Å². The molecular formula is C10H28N2Na3O9. The predicted molar refractivity (Wildman–Crippen MR) is 93.4 cm³/mol. The molecule has 3 radical (unpaired) electrons. The molecule has 0 unspecified atom stereocenters. The van der Waals surface area contributed by atoms with Crippen molar-refractivity contribution in [3.8, 4) is 0 Å². The van der Waals surface area contributed by atoms with E-state index in [2.05, 4.69) is 5.32 Å². The van der Waals surface area contributed by atoms with Crippen molar-refractivity contribution in [2.24, 2.45) is 5.73 Å². The van der Waals surface area contributed by atoms with Gasteiger partial charge in [0.25, 0.3) is 17.9 Å². The van der Waals surface area contributed by atoms with E-state index in [0.717, 1.165) is 27.3 Å². The number of hydrogen-bond donors (Lipinski definition) is 6. The summed E-state index contributed by atoms with van der Waals surface area (Å²) in [6.07, 6.45) is 0. The Kier molecular flexibility index (Phi) is 132. The van der Waals surface area contributed by atoms with Crippen LogP contribution in [0.2, 0.25) is 0 Å². The molecule has 14 heteroatoms. The minimum Gasteiger partial charge on any atom is -0.481 e. The topological polar surface area (TPSA) is 233 Å². The van der Waals surface area contributed by atoms with Gasteiger partial charge in [-0.3, -0.25) is 14.4 Å². The van der Waals surface area contributed by atoms with Crippen LogP contribution < -0.4 is 11.1 Å². The van der Waals surface area contributed by atoms with Gasteiger partial charge in [-0.15, -0.1) is 0 Å². The van der Waals surface area contributed by atoms with Crippen LogP contribution in [0, 0.1) is 0 Å². The predicted octanol–water partition coefficient (Wildman–Crippen LogP) is -3.99. The van der Waals surface area contributed by atoms with E-state index in [0.29, 0.717) is 13.1 Å². The summed E-state index contributed by atoms with van der Waals surface area (Å²) in [6, 6.07) is 0. The van der Waals surface area contributed by atoms with E-state index in [-0.39, 0.29) is 106 Å². The molecule has 0 aliphatic heterocycles. The van der Waals surface area contributed by atoms with Crippen LogP contribution in [0.5, 0.6) is 0 Å². The molecule has 0 aromatic carbocycles. The Morgan fingerprint density at radius 3 is 1.12 bits per heavy atom. The molecule has 0 atom stereocenters. The van der Waals surface area contributed by atoms with Gasteiger partial charge in [0.1, 0.15) is 0 Å². The van der Waals surface area contributed by atoms with Gasteiger partial charge in [0.05, 0.1) is 6.61 Å². The smallest absolute Gasteiger partial charge is 0.300 e. The summed E-state index contributed by atoms with van der Waals surface area (Å²) in [5.41, 5.74) is 5.13. The largest absolute Gasteiger partial charge is 0.481 e. The van der Waals surface area contributed by atoms with Gasteiger partial charge >= 0.3 is 0 Å². The van der Waals surface area contributed by atoms with Gasteiger partial charge in [-0.2, -0.15) is 0 Å². The second kappa shape index (κ2) is 56.4. The van der Waals surface area contributed by atoms with Crippen LogP contribution in [0.4, 0.5) is 0 Å². The average Bonchev–Trinajstić information content (AvgIpc) is 2.15. The standard InChI is InChI=1S/C4H12N2O.3C2H4O2.3Na.2H2O/c5-1-2-6-3-4-7;3*1-2(3)4;;;;;/h6-7H,1-5H2;3*1H3,(H,3,4);;;;2*1H2. The first-order valence-electron chi connectivity index (χ1n) is 5.21. The second-order valence-electron chi connectivity index (χ2n) is 2.82. The van der Waals surface area contributed by atoms with Crippen molar-refractivity contribution in [1.82, 2.24) is 5.32 Å². The van der Waals surface area contributed by atoms with Crippen molar-refractivity contribution in [2.45, 2.75) is 20.8 Å². The summed E-state index contributed by atoms with van der Waals surface area (Å²) in [5.74, 6) is -2.50. The van der Waals surface area contributed by atoms with Crippen LogP contribution in [0.15, 0.2) is 0 Å². The van der Waals surface area contributed by atoms with Crippen LogP contribution in [-0.2, 0) is 14.4 Å². The molecule has 0 spiro atoms. The van der Waals surface area contributed by atoms with E-state index >= 15 is 0 Å². The fourth-order valence-electron chi connectivity index (χ4n) is 0.306. The molecule has 24 heavy (non-hydrogen) atoms. The quantitative estimate of drug-likeness (QED) is 0.203. The average molecular weight is 389 g/mol. The maximum absolute atomic E-state index is 9.00. The van der Waals surface area contributed by atoms with Gasteiger partial charge < -0.3 is 42.4 Å². The molecule has 0 rings (SSSR count). The number of nitrogens with two attached hydrogens (primary N) is 1. The molecule has 0 aliphatic rings. The Morgan fingerprint density at radius 2 is 1.00 bits per heavy atom. The van der Waals surface area contributed by atoms with E-state index in [4.69, 9.17) is 40.5 Å². The normalized spacial score (nSPS) is 5.88. The number of carbonyl (C=O) groups is 3. The first-order chi connectivity index (χ1) is 8.61. The third-order valence-electron chi connectivity index (χ3n) is 0.610. The van der Waals surface area contributed by atoms with Crippen LogP contribution in [0.3, 0.4) is 0 Å². The number of aliphatic hydroxyl groups is 1. The van der Waals surface area contributed by atoms with Gasteiger partial charge in [0.2, 0.25) is 0 Å². The number of aliphatic hydroxyl groups excluding tert-OH is 1. The summed E-state index contributed by atoms with van der Waals surface area (Å²) in [5, 5.41) is 33.3. The minimum absolute atomic E-state index is 0. The number of hydrogen-bond acceptors (Lipinski definition) is 6. The molecule has 11 N–H and O–H groups in total. The molecule has 0 fully saturated rings. The summed E-state index contributed by atoms with van der Waals surface area (Å²) in [6.45, 7) is 5.53. The van der Waals surface area contributed by atoms with E-state index in [9.17, 15) is 0 Å². The molecule has 0 bridgehead atoms. The van der Waals surface area contributed by atoms with Gasteiger partial charge in [-0.25, -0.2) is 0 Å². The Morgan fingerprint density at radius 1 is 0.792 bits per heavy atom. The van der Waals surface area contributed by atoms with Gasteiger partial charge in [0.15, 0.2) is 0 Å². The second-order valence-corrected chi connectivity index (χ2v) is 2.82. The molecule has 0 aromatic rings. The summed E-state index contributed by atoms with van der Waals surface area (Å²) in [4.78, 5) is 27.0. The Balaban J connectivity index is -0.0000000172. The molecular weight excluding hydrogens is 361 g/mol. The van der Waals surface area contributed by atoms with Gasteiger partial charge in [-0.1, -0.05) is 0 Å². The van der Waals surface area contributed by atoms with Crippen molar-refractivity contribution >= 4 is 107 Å². The van der Waals surface area contributed by atoms with Crippen molar-refractivity contribution in [1.29, 1.82) is 0 Å². The molecule has 0 aromatic heterocycles. The van der Waals surface area contributed by atoms with Gasteiger partial charge in [-0.05, 0) is 0 Å². The Labute approximate surface area is 208 Å². The molecule has 0 aliphatic carbocycles. The molecule has 0 amide bonds. The molecule has 0 heterocycles. The molecule has 0 saturated carbocycles. The van der Waals surface area contributed by atoms with Crippen LogP contribution >= 0.6 is 0 Å². The van der Waals surface area contributed by atoms with Crippen molar-refractivity contribution in [3.05, 3.63) is 0 Å². The Hall–Kier alpha value is 1.21. The monoisotopic (exact) mass is 389 g/mol. The maximum Gasteiger partial charge on any atom is 0.300 e. The molecule has 11 nitrogen and oxygen atoms in total. The van der Waals surface area contributed by atoms with E-state index < -0.39 is 17.9 Å². The number of rotatable bonds is 4. The van der Waals surface area contributed by atoms with Crippen LogP contribution in [-0.4, -0.2) is 164 Å². The third-order valence-corrected chi connectivity index (χ3v) is 0.610. The van der Waals surface area contributed by atoms with Crippen molar-refractivity contribution < 1.29 is 45.8 Å². The fourth-order valence-corrected chi connectivity index (χ4v) is 0.306. The minimum atomic E-state index is -0.833. The number of nitrogens with one attached hydrogen (secondary N) is 1. The zero-order valence-electron chi connectivity index (χ0n) is 15.4. The zero-order valence-corrected chi connectivity index (χ0v) is 21.4. The SMILES string of the molecule is CC(=O)O.CC(=O)O.CC(=O)O.NCCNCCO.O.O.[Na].[Na].[Na]. The van der Waals surface area contributed by atoms with E-state index in [1.165, 1.54) is 0 Å². The maximum atomic E-state index is 9.00. The van der Waals surface area contributed by atoms with Crippen molar-refractivity contribution in [2.75, 3.05) is 26.2 Å². The zero-order chi connectivity index (χ0) is 16.3. The molecule has 135 valence electrons. The van der Waals surface area contributed by atoms with E-state index in [1.54, 1.807) is 0 Å². The van der Waals surface area contributed by atoms with E-state index in [1.807, 2.05) is 0 Å². The van der Waals surface area contributed by atoms with Crippen LogP contribution in [0.1, 0.15) is 20.8 Å². The number of carboxylic acids is 3. The first kappa shape index (κ1) is 56.2. The molecule has 0 saturated heterocycles. The van der Waals surface area contributed by atoms with Gasteiger partial charge in [0, 0.05) is 129 Å². The third kappa shape index (κ3) is 422. The summed E-state index contributed by atoms with van der Waals surface area (Å²) < 4.78 is 0. The first-order valence-corrected chi connectivity index (χ1v) is 5.21. The number of carboxylic acid groups (broad SMARTS) is 3.